The summed E-state index contributed by atoms with van der Waals surface area (Å²) in [6.07, 6.45) is 11.4. The Hall–Kier alpha value is -0.520. The van der Waals surface area contributed by atoms with Crippen molar-refractivity contribution in [1.29, 1.82) is 0 Å². The van der Waals surface area contributed by atoms with E-state index < -0.39 is 0 Å². The molecule has 24 heavy (non-hydrogen) atoms. The Labute approximate surface area is 141 Å². The minimum atomic E-state index is 0.896. The van der Waals surface area contributed by atoms with Crippen LogP contribution in [0.5, 0.6) is 0 Å². The highest BCUT2D eigenvalue weighted by Gasteiger charge is 3.18. The Kier molecular flexibility index (Phi) is 0.715. The molecule has 16 aliphatic rings. The van der Waals surface area contributed by atoms with E-state index in [0.29, 0.717) is 0 Å². The van der Waals surface area contributed by atoms with Gasteiger partial charge in [-0.3, -0.25) is 0 Å². The third-order valence-corrected chi connectivity index (χ3v) is 15.7. The number of allylic oxidation sites excluding steroid dienone is 4. The molecule has 0 N–H and O–H groups in total. The van der Waals surface area contributed by atoms with Crippen LogP contribution in [0.1, 0.15) is 0 Å². The van der Waals surface area contributed by atoms with E-state index in [-0.39, 0.29) is 0 Å². The largest absolute Gasteiger partial charge is 0.0842 e. The Balaban J connectivity index is 1.45. The molecule has 0 heteroatoms. The van der Waals surface area contributed by atoms with E-state index in [1.807, 2.05) is 0 Å². The lowest BCUT2D eigenvalue weighted by atomic mass is 9.46. The minimum Gasteiger partial charge on any atom is -0.0842 e. The highest BCUT2D eigenvalue weighted by atomic mass is 15.2. The summed E-state index contributed by atoms with van der Waals surface area (Å²) in [6, 6.07) is 0. The summed E-state index contributed by atoms with van der Waals surface area (Å²) < 4.78 is 0. The van der Waals surface area contributed by atoms with Gasteiger partial charge in [0.2, 0.25) is 0 Å². The monoisotopic (exact) mass is 308 g/mol. The molecule has 0 nitrogen and oxygen atoms in total. The van der Waals surface area contributed by atoms with E-state index in [1.54, 1.807) is 0 Å². The van der Waals surface area contributed by atoms with E-state index in [4.69, 9.17) is 0 Å². The van der Waals surface area contributed by atoms with Gasteiger partial charge in [0.05, 0.1) is 0 Å². The first-order valence-corrected chi connectivity index (χ1v) is 11.3. The molecule has 0 unspecified atom stereocenters. The summed E-state index contributed by atoms with van der Waals surface area (Å²) in [7, 11) is 0. The van der Waals surface area contributed by atoms with Gasteiger partial charge < -0.3 is 0 Å². The maximum atomic E-state index is 2.85. The summed E-state index contributed by atoms with van der Waals surface area (Å²) in [5.41, 5.74) is 3.62. The maximum Gasteiger partial charge on any atom is -0.00589 e. The van der Waals surface area contributed by atoms with Crippen molar-refractivity contribution in [2.45, 2.75) is 0 Å². The molecule has 0 aliphatic heterocycles. The predicted molar refractivity (Wildman–Crippen MR) is 83.9 cm³/mol. The molecule has 0 aromatic carbocycles. The average Bonchev–Trinajstić information content (AvgIpc) is 3.34. The van der Waals surface area contributed by atoms with Crippen LogP contribution in [0.4, 0.5) is 0 Å². The Morgan fingerprint density at radius 2 is 0.792 bits per heavy atom. The molecule has 16 rings (SSSR count). The van der Waals surface area contributed by atoms with Gasteiger partial charge in [-0.15, -0.1) is 0 Å². The van der Waals surface area contributed by atoms with E-state index in [1.165, 1.54) is 71.0 Å². The summed E-state index contributed by atoms with van der Waals surface area (Å²) in [5.74, 6) is 19.4. The zero-order chi connectivity index (χ0) is 14.1. The molecule has 0 radical (unpaired) electrons. The third-order valence-electron chi connectivity index (χ3n) is 15.7. The summed E-state index contributed by atoms with van der Waals surface area (Å²) in [6.45, 7) is 0. The van der Waals surface area contributed by atoms with Crippen molar-refractivity contribution < 1.29 is 0 Å². The van der Waals surface area contributed by atoms with Crippen LogP contribution in [-0.2, 0) is 0 Å². The molecule has 20 atom stereocenters. The molecule has 116 valence electrons. The lowest BCUT2D eigenvalue weighted by Crippen LogP contribution is -2.55. The topological polar surface area (TPSA) is 0 Å². The molecule has 14 fully saturated rings. The second-order valence-corrected chi connectivity index (χ2v) is 13.1. The maximum absolute atomic E-state index is 2.85. The zero-order valence-corrected chi connectivity index (χ0v) is 13.5. The van der Waals surface area contributed by atoms with E-state index >= 15 is 0 Å². The van der Waals surface area contributed by atoms with Crippen LogP contribution in [0.25, 0.3) is 0 Å². The van der Waals surface area contributed by atoms with Crippen molar-refractivity contribution in [1.82, 2.24) is 0 Å². The molecule has 14 saturated carbocycles. The smallest absolute Gasteiger partial charge is 0.00589 e. The number of rotatable bonds is 0. The van der Waals surface area contributed by atoms with Gasteiger partial charge in [-0.2, -0.15) is 0 Å². The second-order valence-electron chi connectivity index (χ2n) is 13.1. The Morgan fingerprint density at radius 1 is 0.375 bits per heavy atom. The van der Waals surface area contributed by atoms with E-state index in [9.17, 15) is 0 Å². The summed E-state index contributed by atoms with van der Waals surface area (Å²) in [5, 5.41) is 0. The van der Waals surface area contributed by atoms with Crippen molar-refractivity contribution >= 4 is 0 Å². The van der Waals surface area contributed by atoms with Gasteiger partial charge in [-0.05, 0) is 116 Å². The molecular formula is C24H20. The molecule has 0 amide bonds. The van der Waals surface area contributed by atoms with Crippen LogP contribution in [0.2, 0.25) is 0 Å². The van der Waals surface area contributed by atoms with Gasteiger partial charge in [0.25, 0.3) is 0 Å². The number of hydrogen-bond donors (Lipinski definition) is 0. The lowest BCUT2D eigenvalue weighted by Gasteiger charge is -2.57. The van der Waals surface area contributed by atoms with Crippen LogP contribution in [0.3, 0.4) is 0 Å². The second kappa shape index (κ2) is 1.82. The standard InChI is InChI=1S/C24H20/c1-3-7-9-5(1)21-15-11(9)19-18-13(15)14-16-12-10-6-2-4-8(10)24(22(6,16)18,23(7,19)21)20(12)17(14)21/h1-20H/t5-,6+,7+,8-,9-,10-,11+,12-,13+,14-,15-,16-,17-,18-,19+,20-,21+,22+,23-,24-/m0/s1. The van der Waals surface area contributed by atoms with Crippen molar-refractivity contribution in [2.75, 3.05) is 0 Å². The molecule has 0 aromatic rings. The summed E-state index contributed by atoms with van der Waals surface area (Å²) in [4.78, 5) is 0. The molecule has 4 spiro atoms. The molecule has 0 heterocycles. The first-order valence-electron chi connectivity index (χ1n) is 11.3. The SMILES string of the molecule is C1=C[C@H]2[C@H]3[C@H]4[C@H]5[C@@H]6[C@@H]7[C@@H]8[C@H]9[C@@H]%10[C@H]%11C=C[C@@H]%10[C@]8%10[C@@H]6[C@H]4[C@]24[C@]5([C@@H]7[C@@H]9[C@@]%11%104)[C@H]13. The van der Waals surface area contributed by atoms with Gasteiger partial charge >= 0.3 is 0 Å². The normalized spacial score (nSPS) is 107. The van der Waals surface area contributed by atoms with Crippen molar-refractivity contribution in [3.8, 4) is 0 Å². The quantitative estimate of drug-likeness (QED) is 0.603. The van der Waals surface area contributed by atoms with Crippen molar-refractivity contribution in [2.24, 2.45) is 116 Å². The molecule has 0 aromatic heterocycles. The third kappa shape index (κ3) is 0.333. The van der Waals surface area contributed by atoms with Gasteiger partial charge in [-0.1, -0.05) is 24.3 Å². The van der Waals surface area contributed by atoms with Crippen LogP contribution < -0.4 is 0 Å². The zero-order valence-electron chi connectivity index (χ0n) is 13.5. The van der Waals surface area contributed by atoms with Crippen molar-refractivity contribution in [3.63, 3.8) is 0 Å². The van der Waals surface area contributed by atoms with Gasteiger partial charge in [-0.25, -0.2) is 0 Å². The molecule has 16 aliphatic carbocycles. The molecule has 16 bridgehead atoms. The highest BCUT2D eigenvalue weighted by Crippen LogP contribution is 3.21. The first kappa shape index (κ1) is 9.43. The highest BCUT2D eigenvalue weighted by molar-refractivity contribution is 5.68. The van der Waals surface area contributed by atoms with E-state index in [2.05, 4.69) is 24.3 Å². The van der Waals surface area contributed by atoms with Crippen LogP contribution in [-0.4, -0.2) is 0 Å². The van der Waals surface area contributed by atoms with E-state index in [0.717, 1.165) is 45.3 Å². The van der Waals surface area contributed by atoms with Gasteiger partial charge in [0, 0.05) is 0 Å². The lowest BCUT2D eigenvalue weighted by molar-refractivity contribution is -0.0896. The molecular weight excluding hydrogens is 288 g/mol. The van der Waals surface area contributed by atoms with Gasteiger partial charge in [0.15, 0.2) is 0 Å². The fourth-order valence-electron chi connectivity index (χ4n) is 18.6. The summed E-state index contributed by atoms with van der Waals surface area (Å²) >= 11 is 0. The van der Waals surface area contributed by atoms with Gasteiger partial charge in [0.1, 0.15) is 0 Å². The Bertz CT molecular complexity index is 953. The fraction of sp³-hybridized carbons (Fsp3) is 0.833. The average molecular weight is 308 g/mol. The predicted octanol–water partition coefficient (Wildman–Crippen LogP) is 3.08. The Morgan fingerprint density at radius 3 is 1.29 bits per heavy atom. The molecule has 0 saturated heterocycles. The van der Waals surface area contributed by atoms with Crippen LogP contribution in [0.15, 0.2) is 24.3 Å². The van der Waals surface area contributed by atoms with Crippen LogP contribution >= 0.6 is 0 Å². The minimum absolute atomic E-state index is 0.896. The number of hydrogen-bond acceptors (Lipinski definition) is 0. The van der Waals surface area contributed by atoms with Crippen molar-refractivity contribution in [3.05, 3.63) is 24.3 Å². The first-order chi connectivity index (χ1) is 11.9. The van der Waals surface area contributed by atoms with Crippen LogP contribution in [0, 0.1) is 116 Å². The fourth-order valence-corrected chi connectivity index (χ4v) is 18.6.